The Bertz CT molecular complexity index is 777. The molecule has 1 aromatic rings. The zero-order valence-electron chi connectivity index (χ0n) is 17.9. The molecule has 2 saturated heterocycles. The lowest BCUT2D eigenvalue weighted by Crippen LogP contribution is -2.57. The number of nitrogen functional groups attached to an aromatic ring is 1. The van der Waals surface area contributed by atoms with E-state index in [9.17, 15) is 9.59 Å². The highest BCUT2D eigenvalue weighted by molar-refractivity contribution is 5.95. The van der Waals surface area contributed by atoms with Crippen molar-refractivity contribution in [3.05, 3.63) is 29.8 Å². The first-order valence-corrected chi connectivity index (χ1v) is 10.9. The zero-order valence-corrected chi connectivity index (χ0v) is 17.9. The van der Waals surface area contributed by atoms with Crippen LogP contribution in [0.1, 0.15) is 31.2 Å². The first-order valence-electron chi connectivity index (χ1n) is 10.9. The molecule has 0 aromatic heterocycles. The van der Waals surface area contributed by atoms with Crippen molar-refractivity contribution in [1.82, 2.24) is 9.80 Å². The molecule has 2 atom stereocenters. The number of hydrogen-bond acceptors (Lipinski definition) is 6. The molecule has 0 spiro atoms. The average molecular weight is 432 g/mol. The van der Waals surface area contributed by atoms with Crippen LogP contribution in [0.3, 0.4) is 0 Å². The van der Waals surface area contributed by atoms with Crippen molar-refractivity contribution in [2.45, 2.75) is 31.7 Å². The smallest absolute Gasteiger partial charge is 0.304 e. The summed E-state index contributed by atoms with van der Waals surface area (Å²) in [5.41, 5.74) is 7.38. The number of carboxylic acid groups (broad SMARTS) is 2. The molecule has 3 rings (SSSR count). The molecule has 2 fully saturated rings. The molecule has 0 amide bonds. The Hall–Kier alpha value is -2.65. The van der Waals surface area contributed by atoms with Gasteiger partial charge in [0.2, 0.25) is 0 Å². The fourth-order valence-electron chi connectivity index (χ4n) is 4.79. The van der Waals surface area contributed by atoms with Gasteiger partial charge in [0.25, 0.3) is 0 Å². The molecule has 5 N–H and O–H groups in total. The number of rotatable bonds is 9. The van der Waals surface area contributed by atoms with Gasteiger partial charge in [-0.3, -0.25) is 19.9 Å². The largest absolute Gasteiger partial charge is 0.481 e. The van der Waals surface area contributed by atoms with Crippen molar-refractivity contribution in [1.29, 1.82) is 5.41 Å². The van der Waals surface area contributed by atoms with Crippen molar-refractivity contribution >= 4 is 23.5 Å². The Kier molecular flexibility index (Phi) is 7.86. The van der Waals surface area contributed by atoms with Gasteiger partial charge in [-0.1, -0.05) is 0 Å². The molecule has 2 aliphatic heterocycles. The molecule has 31 heavy (non-hydrogen) atoms. The number of hydrogen-bond donors (Lipinski definition) is 4. The van der Waals surface area contributed by atoms with Crippen LogP contribution in [0.4, 0.5) is 5.69 Å². The number of likely N-dealkylation sites (tertiary alicyclic amines) is 1. The summed E-state index contributed by atoms with van der Waals surface area (Å²) in [4.78, 5) is 29.1. The highest BCUT2D eigenvalue weighted by Crippen LogP contribution is 2.28. The SMILES string of the molecule is N=C(N)c1ccc(N2CCN(C3CCN(CCC(=O)O)CC3CCC(=O)O)CC2)cc1. The lowest BCUT2D eigenvalue weighted by atomic mass is 9.86. The van der Waals surface area contributed by atoms with Gasteiger partial charge in [0.1, 0.15) is 5.84 Å². The Labute approximate surface area is 182 Å². The number of carboxylic acids is 2. The molecule has 0 saturated carbocycles. The Morgan fingerprint density at radius 2 is 1.65 bits per heavy atom. The maximum absolute atomic E-state index is 11.2. The second kappa shape index (κ2) is 10.6. The van der Waals surface area contributed by atoms with E-state index in [1.54, 1.807) is 0 Å². The van der Waals surface area contributed by atoms with Gasteiger partial charge in [-0.15, -0.1) is 0 Å². The number of benzene rings is 1. The van der Waals surface area contributed by atoms with Gasteiger partial charge in [0.15, 0.2) is 0 Å². The third kappa shape index (κ3) is 6.41. The van der Waals surface area contributed by atoms with Crippen LogP contribution < -0.4 is 10.6 Å². The van der Waals surface area contributed by atoms with Crippen LogP contribution >= 0.6 is 0 Å². The molecule has 9 nitrogen and oxygen atoms in total. The molecule has 0 aliphatic carbocycles. The number of anilines is 1. The number of nitrogens with one attached hydrogen (secondary N) is 1. The Morgan fingerprint density at radius 1 is 1.00 bits per heavy atom. The minimum absolute atomic E-state index is 0.0680. The van der Waals surface area contributed by atoms with Crippen LogP contribution in [0, 0.1) is 11.3 Å². The number of nitrogens with zero attached hydrogens (tertiary/aromatic N) is 3. The van der Waals surface area contributed by atoms with Gasteiger partial charge < -0.3 is 25.7 Å². The van der Waals surface area contributed by atoms with E-state index in [1.165, 1.54) is 0 Å². The van der Waals surface area contributed by atoms with Gasteiger partial charge >= 0.3 is 11.9 Å². The van der Waals surface area contributed by atoms with Crippen molar-refractivity contribution < 1.29 is 19.8 Å². The van der Waals surface area contributed by atoms with E-state index in [4.69, 9.17) is 21.4 Å². The highest BCUT2D eigenvalue weighted by atomic mass is 16.4. The van der Waals surface area contributed by atoms with Gasteiger partial charge in [-0.25, -0.2) is 0 Å². The van der Waals surface area contributed by atoms with Crippen molar-refractivity contribution in [3.8, 4) is 0 Å². The maximum Gasteiger partial charge on any atom is 0.304 e. The summed E-state index contributed by atoms with van der Waals surface area (Å²) in [6.45, 7) is 5.76. The van der Waals surface area contributed by atoms with E-state index in [-0.39, 0.29) is 24.6 Å². The Morgan fingerprint density at radius 3 is 2.23 bits per heavy atom. The van der Waals surface area contributed by atoms with Crippen molar-refractivity contribution in [3.63, 3.8) is 0 Å². The first kappa shape index (κ1) is 23.0. The van der Waals surface area contributed by atoms with Gasteiger partial charge in [-0.05, 0) is 49.6 Å². The molecule has 9 heteroatoms. The molecule has 170 valence electrons. The van der Waals surface area contributed by atoms with Crippen molar-refractivity contribution in [2.75, 3.05) is 50.7 Å². The van der Waals surface area contributed by atoms with Crippen LogP contribution in [0.5, 0.6) is 0 Å². The Balaban J connectivity index is 1.58. The predicted molar refractivity (Wildman–Crippen MR) is 119 cm³/mol. The number of piperazine rings is 1. The summed E-state index contributed by atoms with van der Waals surface area (Å²) in [5.74, 6) is -1.27. The number of aliphatic carboxylic acids is 2. The van der Waals surface area contributed by atoms with E-state index >= 15 is 0 Å². The summed E-state index contributed by atoms with van der Waals surface area (Å²) < 4.78 is 0. The number of piperidine rings is 1. The van der Waals surface area contributed by atoms with E-state index in [1.807, 2.05) is 24.3 Å². The summed E-state index contributed by atoms with van der Waals surface area (Å²) in [6.07, 6.45) is 1.83. The number of amidine groups is 1. The van der Waals surface area contributed by atoms with E-state index in [0.29, 0.717) is 19.0 Å². The average Bonchev–Trinajstić information content (AvgIpc) is 2.76. The molecule has 2 unspecified atom stereocenters. The standard InChI is InChI=1S/C22H33N5O4/c23-22(24)16-1-4-18(5-2-16)26-11-13-27(14-12-26)19-7-9-25(10-8-21(30)31)15-17(19)3-6-20(28)29/h1-2,4-5,17,19H,3,6-15H2,(H3,23,24)(H,28,29)(H,30,31). The molecule has 2 aliphatic rings. The highest BCUT2D eigenvalue weighted by Gasteiger charge is 2.34. The fourth-order valence-corrected chi connectivity index (χ4v) is 4.79. The maximum atomic E-state index is 11.2. The minimum Gasteiger partial charge on any atom is -0.481 e. The summed E-state index contributed by atoms with van der Waals surface area (Å²) >= 11 is 0. The lowest BCUT2D eigenvalue weighted by molar-refractivity contribution is -0.138. The second-order valence-corrected chi connectivity index (χ2v) is 8.48. The first-order chi connectivity index (χ1) is 14.8. The van der Waals surface area contributed by atoms with Gasteiger partial charge in [0.05, 0.1) is 6.42 Å². The molecule has 2 heterocycles. The summed E-state index contributed by atoms with van der Waals surface area (Å²) in [6, 6.07) is 8.09. The topological polar surface area (TPSA) is 134 Å². The number of carbonyl (C=O) groups is 2. The third-order valence-corrected chi connectivity index (χ3v) is 6.48. The van der Waals surface area contributed by atoms with Gasteiger partial charge in [-0.2, -0.15) is 0 Å². The fraction of sp³-hybridized carbons (Fsp3) is 0.591. The zero-order chi connectivity index (χ0) is 22.4. The van der Waals surface area contributed by atoms with E-state index in [2.05, 4.69) is 14.7 Å². The van der Waals surface area contributed by atoms with E-state index < -0.39 is 11.9 Å². The predicted octanol–water partition coefficient (Wildman–Crippen LogP) is 1.12. The molecular formula is C22H33N5O4. The van der Waals surface area contributed by atoms with Crippen LogP contribution in [0.2, 0.25) is 0 Å². The molecular weight excluding hydrogens is 398 g/mol. The third-order valence-electron chi connectivity index (χ3n) is 6.48. The lowest BCUT2D eigenvalue weighted by Gasteiger charge is -2.47. The molecule has 0 bridgehead atoms. The van der Waals surface area contributed by atoms with Crippen LogP contribution in [-0.2, 0) is 9.59 Å². The minimum atomic E-state index is -0.795. The second-order valence-electron chi connectivity index (χ2n) is 8.48. The van der Waals surface area contributed by atoms with Crippen LogP contribution in [-0.4, -0.2) is 89.6 Å². The molecule has 1 aromatic carbocycles. The monoisotopic (exact) mass is 431 g/mol. The molecule has 0 radical (unpaired) electrons. The normalized spacial score (nSPS) is 22.9. The van der Waals surface area contributed by atoms with Crippen LogP contribution in [0.15, 0.2) is 24.3 Å². The van der Waals surface area contributed by atoms with Crippen LogP contribution in [0.25, 0.3) is 0 Å². The quantitative estimate of drug-likeness (QED) is 0.338. The summed E-state index contributed by atoms with van der Waals surface area (Å²) in [5, 5.41) is 25.7. The van der Waals surface area contributed by atoms with E-state index in [0.717, 1.165) is 56.9 Å². The van der Waals surface area contributed by atoms with Gasteiger partial charge in [0, 0.05) is 63.0 Å². The van der Waals surface area contributed by atoms with Crippen molar-refractivity contribution in [2.24, 2.45) is 11.7 Å². The summed E-state index contributed by atoms with van der Waals surface area (Å²) in [7, 11) is 0. The number of nitrogens with two attached hydrogens (primary N) is 1.